The fraction of sp³-hybridized carbons (Fsp3) is 0.333. The zero-order valence-electron chi connectivity index (χ0n) is 4.76. The Morgan fingerprint density at radius 1 is 1.67 bits per heavy atom. The van der Waals surface area contributed by atoms with Crippen LogP contribution in [0.5, 0.6) is 0 Å². The number of halogens is 1. The molecule has 0 bridgehead atoms. The van der Waals surface area contributed by atoms with Crippen LogP contribution in [0.3, 0.4) is 0 Å². The van der Waals surface area contributed by atoms with Gasteiger partial charge in [0.1, 0.15) is 0 Å². The molecule has 0 aliphatic rings. The molecule has 0 aliphatic carbocycles. The molecule has 1 aromatic heterocycles. The molecule has 0 amide bonds. The molecular weight excluding hydrogens is 200 g/mol. The summed E-state index contributed by atoms with van der Waals surface area (Å²) >= 11 is 4.97. The van der Waals surface area contributed by atoms with Gasteiger partial charge >= 0.3 is 0 Å². The van der Waals surface area contributed by atoms with E-state index in [1.165, 1.54) is 0 Å². The summed E-state index contributed by atoms with van der Waals surface area (Å²) in [5.41, 5.74) is 1.13. The van der Waals surface area contributed by atoms with Gasteiger partial charge in [-0.05, 0) is 32.9 Å². The normalized spacial score (nSPS) is 10.0. The van der Waals surface area contributed by atoms with Crippen LogP contribution in [0.25, 0.3) is 0 Å². The molecule has 1 heterocycles. The van der Waals surface area contributed by atoms with Gasteiger partial charge in [-0.25, -0.2) is 5.11 Å². The summed E-state index contributed by atoms with van der Waals surface area (Å²) in [7, 11) is 0. The highest BCUT2D eigenvalue weighted by atomic mass is 79.9. The van der Waals surface area contributed by atoms with Crippen molar-refractivity contribution < 1.29 is 5.11 Å². The van der Waals surface area contributed by atoms with Crippen molar-refractivity contribution in [2.75, 3.05) is 6.61 Å². The maximum atomic E-state index is 10.1. The molecule has 9 heavy (non-hydrogen) atoms. The Balaban J connectivity index is 2.69. The average molecular weight is 206 g/mol. The molecule has 1 nitrogen and oxygen atoms in total. The molecule has 0 saturated heterocycles. The number of thiophene rings is 1. The van der Waals surface area contributed by atoms with Crippen LogP contribution in [0.15, 0.2) is 15.2 Å². The third kappa shape index (κ3) is 1.78. The zero-order chi connectivity index (χ0) is 6.69. The Hall–Kier alpha value is 0.140. The van der Waals surface area contributed by atoms with Gasteiger partial charge in [0.2, 0.25) is 0 Å². The SMILES string of the molecule is [O]CCc1ccsc1Br. The second-order valence-corrected chi connectivity index (χ2v) is 3.91. The van der Waals surface area contributed by atoms with Crippen LogP contribution in [0, 0.1) is 0 Å². The van der Waals surface area contributed by atoms with Crippen LogP contribution in [-0.2, 0) is 11.5 Å². The Kier molecular flexibility index (Phi) is 2.69. The summed E-state index contributed by atoms with van der Waals surface area (Å²) in [6.07, 6.45) is 0.643. The minimum absolute atomic E-state index is 0.0185. The van der Waals surface area contributed by atoms with Crippen molar-refractivity contribution in [3.05, 3.63) is 20.8 Å². The van der Waals surface area contributed by atoms with Crippen molar-refractivity contribution in [1.29, 1.82) is 0 Å². The summed E-state index contributed by atoms with van der Waals surface area (Å²) in [4.78, 5) is 0. The van der Waals surface area contributed by atoms with E-state index in [0.29, 0.717) is 6.42 Å². The quantitative estimate of drug-likeness (QED) is 0.708. The highest BCUT2D eigenvalue weighted by molar-refractivity contribution is 9.11. The van der Waals surface area contributed by atoms with Crippen LogP contribution >= 0.6 is 27.3 Å². The largest absolute Gasteiger partial charge is 0.236 e. The van der Waals surface area contributed by atoms with Crippen LogP contribution in [-0.4, -0.2) is 6.61 Å². The van der Waals surface area contributed by atoms with Gasteiger partial charge in [0.15, 0.2) is 0 Å². The van der Waals surface area contributed by atoms with Crippen LogP contribution < -0.4 is 0 Å². The van der Waals surface area contributed by atoms with Crippen LogP contribution in [0.1, 0.15) is 5.56 Å². The molecule has 0 aliphatic heterocycles. The highest BCUT2D eigenvalue weighted by Gasteiger charge is 1.98. The summed E-state index contributed by atoms with van der Waals surface area (Å²) in [6.45, 7) is -0.0185. The Morgan fingerprint density at radius 3 is 2.89 bits per heavy atom. The first-order chi connectivity index (χ1) is 4.34. The first-order valence-corrected chi connectivity index (χ1v) is 4.32. The fourth-order valence-corrected chi connectivity index (χ4v) is 1.94. The third-order valence-corrected chi connectivity index (χ3v) is 2.88. The van der Waals surface area contributed by atoms with Gasteiger partial charge in [0.05, 0.1) is 10.4 Å². The van der Waals surface area contributed by atoms with Crippen molar-refractivity contribution >= 4 is 27.3 Å². The Labute approximate surface area is 66.5 Å². The second kappa shape index (κ2) is 3.34. The smallest absolute Gasteiger partial charge is 0.0863 e. The highest BCUT2D eigenvalue weighted by Crippen LogP contribution is 2.23. The second-order valence-electron chi connectivity index (χ2n) is 1.67. The molecule has 0 aromatic carbocycles. The molecule has 1 rings (SSSR count). The van der Waals surface area contributed by atoms with E-state index >= 15 is 0 Å². The van der Waals surface area contributed by atoms with Crippen LogP contribution in [0.4, 0.5) is 0 Å². The van der Waals surface area contributed by atoms with Gasteiger partial charge in [-0.2, -0.15) is 0 Å². The van der Waals surface area contributed by atoms with Crippen molar-refractivity contribution in [3.8, 4) is 0 Å². The van der Waals surface area contributed by atoms with Gasteiger partial charge in [-0.3, -0.25) is 0 Å². The van der Waals surface area contributed by atoms with Gasteiger partial charge in [-0.15, -0.1) is 11.3 Å². The Bertz CT molecular complexity index is 185. The van der Waals surface area contributed by atoms with E-state index in [2.05, 4.69) is 15.9 Å². The zero-order valence-corrected chi connectivity index (χ0v) is 7.17. The summed E-state index contributed by atoms with van der Waals surface area (Å²) < 4.78 is 1.10. The van der Waals surface area contributed by atoms with Crippen molar-refractivity contribution in [3.63, 3.8) is 0 Å². The van der Waals surface area contributed by atoms with E-state index in [1.54, 1.807) is 11.3 Å². The first-order valence-electron chi connectivity index (χ1n) is 2.64. The minimum Gasteiger partial charge on any atom is -0.236 e. The van der Waals surface area contributed by atoms with Gasteiger partial charge in [-0.1, -0.05) is 0 Å². The maximum absolute atomic E-state index is 10.1. The summed E-state index contributed by atoms with van der Waals surface area (Å²) in [5, 5.41) is 12.1. The standard InChI is InChI=1S/C6H6BrOS/c7-6-5(1-3-8)2-4-9-6/h2,4H,1,3H2. The summed E-state index contributed by atoms with van der Waals surface area (Å²) in [5.74, 6) is 0. The molecule has 0 spiro atoms. The van der Waals surface area contributed by atoms with Crippen molar-refractivity contribution in [1.82, 2.24) is 0 Å². The maximum Gasteiger partial charge on any atom is 0.0863 e. The van der Waals surface area contributed by atoms with E-state index in [-0.39, 0.29) is 6.61 Å². The topological polar surface area (TPSA) is 19.9 Å². The molecule has 0 unspecified atom stereocenters. The summed E-state index contributed by atoms with van der Waals surface area (Å²) in [6, 6.07) is 1.98. The van der Waals surface area contributed by atoms with Gasteiger partial charge < -0.3 is 0 Å². The van der Waals surface area contributed by atoms with Crippen molar-refractivity contribution in [2.24, 2.45) is 0 Å². The minimum atomic E-state index is -0.0185. The van der Waals surface area contributed by atoms with E-state index in [9.17, 15) is 5.11 Å². The molecule has 0 atom stereocenters. The number of rotatable bonds is 2. The lowest BCUT2D eigenvalue weighted by Gasteiger charge is -1.89. The average Bonchev–Trinajstić information content (AvgIpc) is 2.18. The Morgan fingerprint density at radius 2 is 2.44 bits per heavy atom. The number of hydrogen-bond acceptors (Lipinski definition) is 1. The molecule has 0 fully saturated rings. The lowest BCUT2D eigenvalue weighted by molar-refractivity contribution is 0.197. The van der Waals surface area contributed by atoms with Gasteiger partial charge in [0, 0.05) is 6.42 Å². The molecule has 49 valence electrons. The molecule has 0 saturated carbocycles. The lowest BCUT2D eigenvalue weighted by atomic mass is 10.3. The van der Waals surface area contributed by atoms with Crippen LogP contribution in [0.2, 0.25) is 0 Å². The van der Waals surface area contributed by atoms with Crippen molar-refractivity contribution in [2.45, 2.75) is 6.42 Å². The van der Waals surface area contributed by atoms with E-state index < -0.39 is 0 Å². The van der Waals surface area contributed by atoms with E-state index in [4.69, 9.17) is 0 Å². The molecular formula is C6H6BrOS. The van der Waals surface area contributed by atoms with E-state index in [0.717, 1.165) is 9.35 Å². The molecule has 1 radical (unpaired) electrons. The monoisotopic (exact) mass is 205 g/mol. The lowest BCUT2D eigenvalue weighted by Crippen LogP contribution is -1.85. The first kappa shape index (κ1) is 7.25. The predicted molar refractivity (Wildman–Crippen MR) is 41.3 cm³/mol. The number of hydrogen-bond donors (Lipinski definition) is 0. The van der Waals surface area contributed by atoms with E-state index in [1.807, 2.05) is 11.4 Å². The predicted octanol–water partition coefficient (Wildman–Crippen LogP) is 2.48. The molecule has 1 aromatic rings. The molecule has 3 heteroatoms. The van der Waals surface area contributed by atoms with Gasteiger partial charge in [0.25, 0.3) is 0 Å². The fourth-order valence-electron chi connectivity index (χ4n) is 0.609. The molecule has 0 N–H and O–H groups in total. The third-order valence-electron chi connectivity index (χ3n) is 1.06.